The van der Waals surface area contributed by atoms with Gasteiger partial charge in [0.15, 0.2) is 6.29 Å². The van der Waals surface area contributed by atoms with E-state index in [2.05, 4.69) is 10.2 Å². The molecule has 0 saturated heterocycles. The van der Waals surface area contributed by atoms with Crippen molar-refractivity contribution in [3.63, 3.8) is 0 Å². The van der Waals surface area contributed by atoms with Gasteiger partial charge in [-0.1, -0.05) is 12.1 Å². The van der Waals surface area contributed by atoms with Crippen molar-refractivity contribution in [2.75, 3.05) is 6.54 Å². The summed E-state index contributed by atoms with van der Waals surface area (Å²) in [6.45, 7) is 2.09. The van der Waals surface area contributed by atoms with Gasteiger partial charge in [0.1, 0.15) is 0 Å². The van der Waals surface area contributed by atoms with E-state index >= 15 is 0 Å². The minimum absolute atomic E-state index is 0.171. The molecule has 0 aliphatic heterocycles. The monoisotopic (exact) mass is 219 g/mol. The number of rotatable bonds is 4. The van der Waals surface area contributed by atoms with E-state index in [4.69, 9.17) is 15.5 Å². The molecule has 1 unspecified atom stereocenters. The first-order valence-corrected chi connectivity index (χ1v) is 4.86. The van der Waals surface area contributed by atoms with E-state index in [1.807, 2.05) is 6.07 Å². The fraction of sp³-hybridized carbons (Fsp3) is 0.364. The summed E-state index contributed by atoms with van der Waals surface area (Å²) in [6.07, 6.45) is -1.51. The summed E-state index contributed by atoms with van der Waals surface area (Å²) < 4.78 is 0. The number of benzene rings is 1. The molecule has 16 heavy (non-hydrogen) atoms. The Morgan fingerprint density at radius 1 is 1.44 bits per heavy atom. The van der Waals surface area contributed by atoms with Crippen LogP contribution in [0.5, 0.6) is 0 Å². The molecule has 0 aliphatic rings. The molecule has 0 fully saturated rings. The second kappa shape index (κ2) is 5.95. The van der Waals surface area contributed by atoms with Crippen LogP contribution in [-0.4, -0.2) is 16.8 Å². The van der Waals surface area contributed by atoms with Gasteiger partial charge in [0, 0.05) is 5.56 Å². The quantitative estimate of drug-likeness (QED) is 0.598. The summed E-state index contributed by atoms with van der Waals surface area (Å²) in [7, 11) is 0. The van der Waals surface area contributed by atoms with Crippen LogP contribution in [0.1, 0.15) is 18.8 Å². The lowest BCUT2D eigenvalue weighted by Crippen LogP contribution is -1.94. The van der Waals surface area contributed by atoms with E-state index in [-0.39, 0.29) is 5.92 Å². The zero-order valence-electron chi connectivity index (χ0n) is 8.91. The predicted octanol–water partition coefficient (Wildman–Crippen LogP) is 1.91. The maximum Gasteiger partial charge on any atom is 0.178 e. The topological polar surface area (TPSA) is 89.0 Å². The molecule has 0 aliphatic carbocycles. The van der Waals surface area contributed by atoms with Crippen molar-refractivity contribution in [1.82, 2.24) is 0 Å². The third kappa shape index (κ3) is 3.77. The fourth-order valence-corrected chi connectivity index (χ4v) is 1.03. The van der Waals surface area contributed by atoms with Crippen molar-refractivity contribution < 1.29 is 10.2 Å². The standard InChI is InChI=1S/C11H13N3O2/c1-8(6-12)7-13-14-10-4-2-3-9(5-10)11(15)16/h2-5,8,11,15-16H,7H2,1H3. The van der Waals surface area contributed by atoms with E-state index in [9.17, 15) is 0 Å². The Labute approximate surface area is 93.7 Å². The van der Waals surface area contributed by atoms with Crippen LogP contribution in [0.2, 0.25) is 0 Å². The lowest BCUT2D eigenvalue weighted by atomic mass is 10.2. The van der Waals surface area contributed by atoms with E-state index in [0.717, 1.165) is 0 Å². The summed E-state index contributed by atoms with van der Waals surface area (Å²) in [4.78, 5) is 0. The number of nitriles is 1. The van der Waals surface area contributed by atoms with Crippen LogP contribution in [0.25, 0.3) is 0 Å². The maximum absolute atomic E-state index is 8.94. The SMILES string of the molecule is CC(C#N)CN=Nc1cccc(C(O)O)c1. The van der Waals surface area contributed by atoms with Crippen LogP contribution in [0.4, 0.5) is 5.69 Å². The minimum Gasteiger partial charge on any atom is -0.364 e. The normalized spacial score (nSPS) is 12.9. The molecular weight excluding hydrogens is 206 g/mol. The number of hydrogen-bond acceptors (Lipinski definition) is 5. The van der Waals surface area contributed by atoms with Gasteiger partial charge in [0.2, 0.25) is 0 Å². The number of hydrogen-bond donors (Lipinski definition) is 2. The van der Waals surface area contributed by atoms with Crippen molar-refractivity contribution in [2.45, 2.75) is 13.2 Å². The number of azo groups is 1. The highest BCUT2D eigenvalue weighted by atomic mass is 16.5. The molecule has 0 aromatic heterocycles. The molecule has 5 heteroatoms. The van der Waals surface area contributed by atoms with Crippen LogP contribution < -0.4 is 0 Å². The molecule has 2 N–H and O–H groups in total. The molecule has 1 rings (SSSR count). The van der Waals surface area contributed by atoms with Gasteiger partial charge in [-0.15, -0.1) is 0 Å². The van der Waals surface area contributed by atoms with Crippen molar-refractivity contribution in [2.24, 2.45) is 16.1 Å². The molecule has 5 nitrogen and oxygen atoms in total. The highest BCUT2D eigenvalue weighted by Gasteiger charge is 2.02. The fourth-order valence-electron chi connectivity index (χ4n) is 1.03. The van der Waals surface area contributed by atoms with Gasteiger partial charge in [-0.05, 0) is 19.1 Å². The van der Waals surface area contributed by atoms with Crippen LogP contribution in [-0.2, 0) is 0 Å². The molecule has 0 amide bonds. The smallest absolute Gasteiger partial charge is 0.178 e. The average Bonchev–Trinajstić information content (AvgIpc) is 2.29. The van der Waals surface area contributed by atoms with Gasteiger partial charge in [-0.25, -0.2) is 0 Å². The first kappa shape index (κ1) is 12.3. The number of aliphatic hydroxyl groups excluding tert-OH is 1. The van der Waals surface area contributed by atoms with Crippen molar-refractivity contribution in [3.8, 4) is 6.07 Å². The minimum atomic E-state index is -1.51. The Morgan fingerprint density at radius 2 is 2.19 bits per heavy atom. The predicted molar refractivity (Wildman–Crippen MR) is 57.8 cm³/mol. The van der Waals surface area contributed by atoms with Crippen LogP contribution in [0.15, 0.2) is 34.5 Å². The molecule has 0 radical (unpaired) electrons. The van der Waals surface area contributed by atoms with E-state index in [1.54, 1.807) is 25.1 Å². The number of nitrogens with zero attached hydrogens (tertiary/aromatic N) is 3. The third-order valence-electron chi connectivity index (χ3n) is 1.93. The van der Waals surface area contributed by atoms with Gasteiger partial charge in [0.25, 0.3) is 0 Å². The highest BCUT2D eigenvalue weighted by molar-refractivity contribution is 5.39. The third-order valence-corrected chi connectivity index (χ3v) is 1.93. The molecule has 0 heterocycles. The summed E-state index contributed by atoms with van der Waals surface area (Å²) in [5.74, 6) is -0.171. The Balaban J connectivity index is 2.67. The van der Waals surface area contributed by atoms with Crippen LogP contribution in [0.3, 0.4) is 0 Å². The van der Waals surface area contributed by atoms with Crippen molar-refractivity contribution in [3.05, 3.63) is 29.8 Å². The van der Waals surface area contributed by atoms with Crippen molar-refractivity contribution >= 4 is 5.69 Å². The van der Waals surface area contributed by atoms with Crippen LogP contribution >= 0.6 is 0 Å². The first-order chi connectivity index (χ1) is 7.63. The second-order valence-electron chi connectivity index (χ2n) is 3.42. The van der Waals surface area contributed by atoms with E-state index in [0.29, 0.717) is 17.8 Å². The van der Waals surface area contributed by atoms with Gasteiger partial charge >= 0.3 is 0 Å². The zero-order valence-corrected chi connectivity index (χ0v) is 8.91. The first-order valence-electron chi connectivity index (χ1n) is 4.86. The Morgan fingerprint density at radius 3 is 2.81 bits per heavy atom. The second-order valence-corrected chi connectivity index (χ2v) is 3.42. The maximum atomic E-state index is 8.94. The van der Waals surface area contributed by atoms with E-state index < -0.39 is 6.29 Å². The van der Waals surface area contributed by atoms with Gasteiger partial charge < -0.3 is 10.2 Å². The van der Waals surface area contributed by atoms with Crippen molar-refractivity contribution in [1.29, 1.82) is 5.26 Å². The lowest BCUT2D eigenvalue weighted by Gasteiger charge is -2.03. The molecular formula is C11H13N3O2. The largest absolute Gasteiger partial charge is 0.364 e. The summed E-state index contributed by atoms with van der Waals surface area (Å²) in [5, 5.41) is 34.2. The molecule has 1 aromatic carbocycles. The molecule has 0 spiro atoms. The summed E-state index contributed by atoms with van der Waals surface area (Å²) in [6, 6.07) is 8.53. The zero-order chi connectivity index (χ0) is 12.0. The van der Waals surface area contributed by atoms with Gasteiger partial charge in [0.05, 0.1) is 24.2 Å². The molecule has 84 valence electrons. The summed E-state index contributed by atoms with van der Waals surface area (Å²) >= 11 is 0. The molecule has 0 saturated carbocycles. The molecule has 0 bridgehead atoms. The van der Waals surface area contributed by atoms with Gasteiger partial charge in [-0.2, -0.15) is 15.5 Å². The molecule has 1 aromatic rings. The number of aliphatic hydroxyl groups is 2. The van der Waals surface area contributed by atoms with Crippen LogP contribution in [0, 0.1) is 17.2 Å². The van der Waals surface area contributed by atoms with E-state index in [1.165, 1.54) is 6.07 Å². The Kier molecular flexibility index (Phi) is 4.58. The van der Waals surface area contributed by atoms with Gasteiger partial charge in [-0.3, -0.25) is 0 Å². The Bertz CT molecular complexity index is 410. The lowest BCUT2D eigenvalue weighted by molar-refractivity contribution is -0.0424. The summed E-state index contributed by atoms with van der Waals surface area (Å²) in [5.41, 5.74) is 0.903. The molecule has 1 atom stereocenters. The average molecular weight is 219 g/mol. The Hall–Kier alpha value is -1.77. The highest BCUT2D eigenvalue weighted by Crippen LogP contribution is 2.18.